The molecule has 2 atom stereocenters. The zero-order valence-corrected chi connectivity index (χ0v) is 13.9. The molecule has 0 bridgehead atoms. The number of thioether (sulfide) groups is 1. The van der Waals surface area contributed by atoms with Crippen LogP contribution in [0.1, 0.15) is 45.2 Å². The van der Waals surface area contributed by atoms with Crippen molar-refractivity contribution in [2.45, 2.75) is 45.7 Å². The molecule has 2 unspecified atom stereocenters. The number of benzene rings is 1. The Hall–Kier alpha value is -0.670. The minimum Gasteiger partial charge on any atom is -0.497 e. The van der Waals surface area contributed by atoms with Crippen LogP contribution in [-0.2, 0) is 0 Å². The molecule has 0 spiro atoms. The van der Waals surface area contributed by atoms with E-state index >= 15 is 0 Å². The summed E-state index contributed by atoms with van der Waals surface area (Å²) in [5.41, 5.74) is 1.75. The van der Waals surface area contributed by atoms with Gasteiger partial charge in [-0.25, -0.2) is 0 Å². The van der Waals surface area contributed by atoms with Crippen molar-refractivity contribution in [1.29, 1.82) is 0 Å². The van der Waals surface area contributed by atoms with Crippen LogP contribution in [0.4, 0.5) is 0 Å². The smallest absolute Gasteiger partial charge is 0.118 e. The first-order valence-electron chi connectivity index (χ1n) is 7.54. The zero-order chi connectivity index (χ0) is 14.6. The largest absolute Gasteiger partial charge is 0.497 e. The van der Waals surface area contributed by atoms with Gasteiger partial charge in [-0.2, -0.15) is 11.8 Å². The summed E-state index contributed by atoms with van der Waals surface area (Å²) in [7, 11) is 1.71. The zero-order valence-electron chi connectivity index (χ0n) is 13.1. The Labute approximate surface area is 127 Å². The number of hydrogen-bond donors (Lipinski definition) is 1. The number of ether oxygens (including phenoxy) is 1. The van der Waals surface area contributed by atoms with Gasteiger partial charge < -0.3 is 10.1 Å². The van der Waals surface area contributed by atoms with Crippen molar-refractivity contribution in [3.63, 3.8) is 0 Å². The van der Waals surface area contributed by atoms with E-state index in [4.69, 9.17) is 4.74 Å². The van der Waals surface area contributed by atoms with Crippen LogP contribution in [0.25, 0.3) is 0 Å². The van der Waals surface area contributed by atoms with Gasteiger partial charge in [0, 0.05) is 17.8 Å². The number of nitrogens with one attached hydrogen (secondary N) is 1. The lowest BCUT2D eigenvalue weighted by molar-refractivity contribution is 0.226. The second kappa shape index (κ2) is 6.86. The highest BCUT2D eigenvalue weighted by molar-refractivity contribution is 7.99. The maximum atomic E-state index is 5.24. The molecule has 0 aromatic heterocycles. The highest BCUT2D eigenvalue weighted by Gasteiger charge is 2.33. The topological polar surface area (TPSA) is 21.3 Å². The van der Waals surface area contributed by atoms with E-state index in [-0.39, 0.29) is 0 Å². The van der Waals surface area contributed by atoms with Gasteiger partial charge in [-0.3, -0.25) is 0 Å². The van der Waals surface area contributed by atoms with Crippen molar-refractivity contribution < 1.29 is 4.74 Å². The molecule has 0 amide bonds. The van der Waals surface area contributed by atoms with E-state index in [9.17, 15) is 0 Å². The van der Waals surface area contributed by atoms with Crippen molar-refractivity contribution in [3.05, 3.63) is 29.8 Å². The fraction of sp³-hybridized carbons (Fsp3) is 0.647. The molecule has 0 radical (unpaired) electrons. The molecular formula is C17H27NOS. The standard InChI is InChI=1S/C17H27NOS/c1-5-15(13-6-8-14(19-4)9-7-13)18-16-12-20-11-10-17(16,2)3/h6-9,15-16,18H,5,10-12H2,1-4H3. The van der Waals surface area contributed by atoms with Crippen LogP contribution < -0.4 is 10.1 Å². The van der Waals surface area contributed by atoms with Crippen LogP contribution in [0.2, 0.25) is 0 Å². The summed E-state index contributed by atoms with van der Waals surface area (Å²) in [6.45, 7) is 7.04. The van der Waals surface area contributed by atoms with Gasteiger partial charge in [0.1, 0.15) is 5.75 Å². The summed E-state index contributed by atoms with van der Waals surface area (Å²) in [6.07, 6.45) is 2.41. The molecule has 1 aliphatic heterocycles. The molecule has 0 aliphatic carbocycles. The van der Waals surface area contributed by atoms with E-state index in [0.29, 0.717) is 17.5 Å². The molecule has 2 rings (SSSR count). The summed E-state index contributed by atoms with van der Waals surface area (Å²) >= 11 is 2.08. The van der Waals surface area contributed by atoms with Crippen LogP contribution in [0.15, 0.2) is 24.3 Å². The predicted octanol–water partition coefficient (Wildman–Crippen LogP) is 4.27. The van der Waals surface area contributed by atoms with Crippen LogP contribution in [0.5, 0.6) is 5.75 Å². The second-order valence-electron chi connectivity index (χ2n) is 6.27. The molecule has 2 nitrogen and oxygen atoms in total. The monoisotopic (exact) mass is 293 g/mol. The Balaban J connectivity index is 2.07. The van der Waals surface area contributed by atoms with Gasteiger partial charge in [-0.1, -0.05) is 32.9 Å². The van der Waals surface area contributed by atoms with E-state index in [2.05, 4.69) is 62.1 Å². The minimum atomic E-state index is 0.394. The highest BCUT2D eigenvalue weighted by atomic mass is 32.2. The predicted molar refractivity (Wildman–Crippen MR) is 88.7 cm³/mol. The van der Waals surface area contributed by atoms with E-state index in [1.54, 1.807) is 7.11 Å². The maximum absolute atomic E-state index is 5.24. The lowest BCUT2D eigenvalue weighted by Gasteiger charge is -2.41. The third kappa shape index (κ3) is 3.70. The van der Waals surface area contributed by atoms with E-state index in [1.165, 1.54) is 23.5 Å². The van der Waals surface area contributed by atoms with E-state index in [0.717, 1.165) is 12.2 Å². The lowest BCUT2D eigenvalue weighted by Crippen LogP contribution is -2.47. The van der Waals surface area contributed by atoms with Gasteiger partial charge >= 0.3 is 0 Å². The lowest BCUT2D eigenvalue weighted by atomic mass is 9.81. The Morgan fingerprint density at radius 2 is 2.05 bits per heavy atom. The van der Waals surface area contributed by atoms with Gasteiger partial charge in [0.05, 0.1) is 7.11 Å². The summed E-state index contributed by atoms with van der Waals surface area (Å²) in [5, 5.41) is 3.89. The van der Waals surface area contributed by atoms with Crippen molar-refractivity contribution in [2.75, 3.05) is 18.6 Å². The molecule has 1 aromatic carbocycles. The summed E-state index contributed by atoms with van der Waals surface area (Å²) in [5.74, 6) is 3.45. The molecule has 20 heavy (non-hydrogen) atoms. The van der Waals surface area contributed by atoms with Crippen LogP contribution in [0, 0.1) is 5.41 Å². The quantitative estimate of drug-likeness (QED) is 0.876. The summed E-state index contributed by atoms with van der Waals surface area (Å²) < 4.78 is 5.24. The fourth-order valence-electron chi connectivity index (χ4n) is 2.74. The first-order chi connectivity index (χ1) is 9.56. The van der Waals surface area contributed by atoms with Crippen LogP contribution in [0.3, 0.4) is 0 Å². The molecule has 1 heterocycles. The fourth-order valence-corrected chi connectivity index (χ4v) is 4.36. The van der Waals surface area contributed by atoms with Gasteiger partial charge in [-0.05, 0) is 41.7 Å². The van der Waals surface area contributed by atoms with Crippen molar-refractivity contribution in [2.24, 2.45) is 5.41 Å². The molecule has 3 heteroatoms. The van der Waals surface area contributed by atoms with Crippen molar-refractivity contribution in [3.8, 4) is 5.75 Å². The van der Waals surface area contributed by atoms with Gasteiger partial charge in [0.2, 0.25) is 0 Å². The van der Waals surface area contributed by atoms with Gasteiger partial charge in [0.15, 0.2) is 0 Å². The summed E-state index contributed by atoms with van der Waals surface area (Å²) in [6, 6.07) is 9.50. The Bertz CT molecular complexity index is 416. The Morgan fingerprint density at radius 3 is 2.60 bits per heavy atom. The first kappa shape index (κ1) is 15.7. The number of hydrogen-bond acceptors (Lipinski definition) is 3. The SMILES string of the molecule is CCC(NC1CSCCC1(C)C)c1ccc(OC)cc1. The molecule has 1 aliphatic rings. The van der Waals surface area contributed by atoms with Crippen LogP contribution >= 0.6 is 11.8 Å². The molecule has 1 N–H and O–H groups in total. The van der Waals surface area contributed by atoms with Gasteiger partial charge in [0.25, 0.3) is 0 Å². The molecule has 1 fully saturated rings. The van der Waals surface area contributed by atoms with E-state index < -0.39 is 0 Å². The average Bonchev–Trinajstić information content (AvgIpc) is 2.46. The Kier molecular flexibility index (Phi) is 5.39. The summed E-state index contributed by atoms with van der Waals surface area (Å²) in [4.78, 5) is 0. The third-order valence-electron chi connectivity index (χ3n) is 4.45. The molecule has 0 saturated carbocycles. The molecule has 1 aromatic rings. The third-order valence-corrected chi connectivity index (χ3v) is 5.51. The Morgan fingerprint density at radius 1 is 1.35 bits per heavy atom. The molecular weight excluding hydrogens is 266 g/mol. The van der Waals surface area contributed by atoms with Gasteiger partial charge in [-0.15, -0.1) is 0 Å². The van der Waals surface area contributed by atoms with Crippen molar-refractivity contribution >= 4 is 11.8 Å². The van der Waals surface area contributed by atoms with E-state index in [1.807, 2.05) is 0 Å². The number of methoxy groups -OCH3 is 1. The maximum Gasteiger partial charge on any atom is 0.118 e. The molecule has 1 saturated heterocycles. The average molecular weight is 293 g/mol. The van der Waals surface area contributed by atoms with Crippen molar-refractivity contribution in [1.82, 2.24) is 5.32 Å². The van der Waals surface area contributed by atoms with Crippen LogP contribution in [-0.4, -0.2) is 24.7 Å². The first-order valence-corrected chi connectivity index (χ1v) is 8.70. The number of rotatable bonds is 5. The molecule has 112 valence electrons. The highest BCUT2D eigenvalue weighted by Crippen LogP contribution is 2.36. The second-order valence-corrected chi connectivity index (χ2v) is 7.42. The normalized spacial score (nSPS) is 23.3. The minimum absolute atomic E-state index is 0.394.